The van der Waals surface area contributed by atoms with Gasteiger partial charge in [-0.25, -0.2) is 0 Å². The van der Waals surface area contributed by atoms with Gasteiger partial charge in [0.1, 0.15) is 0 Å². The standard InChI is InChI=1S/C10H13NOS2/c1-13-7-10(12)11-8-3-5-9(14-2)6-4-8/h3-6H,7H2,1-2H3,(H,11,12). The molecule has 0 bridgehead atoms. The maximum atomic E-state index is 11.2. The van der Waals surface area contributed by atoms with Crippen LogP contribution < -0.4 is 5.32 Å². The second-order valence-electron chi connectivity index (χ2n) is 2.71. The van der Waals surface area contributed by atoms with Crippen LogP contribution in [0.4, 0.5) is 5.69 Å². The van der Waals surface area contributed by atoms with Crippen LogP contribution in [0.25, 0.3) is 0 Å². The average molecular weight is 227 g/mol. The highest BCUT2D eigenvalue weighted by Crippen LogP contribution is 2.17. The summed E-state index contributed by atoms with van der Waals surface area (Å²) in [6, 6.07) is 7.84. The predicted molar refractivity (Wildman–Crippen MR) is 65.2 cm³/mol. The van der Waals surface area contributed by atoms with Gasteiger partial charge in [-0.2, -0.15) is 11.8 Å². The Hall–Kier alpha value is -0.610. The number of nitrogens with one attached hydrogen (secondary N) is 1. The van der Waals surface area contributed by atoms with E-state index in [9.17, 15) is 4.79 Å². The Morgan fingerprint density at radius 3 is 2.43 bits per heavy atom. The first-order valence-corrected chi connectivity index (χ1v) is 6.81. The van der Waals surface area contributed by atoms with Gasteiger partial charge in [-0.15, -0.1) is 11.8 Å². The van der Waals surface area contributed by atoms with Crippen molar-refractivity contribution in [2.45, 2.75) is 4.90 Å². The summed E-state index contributed by atoms with van der Waals surface area (Å²) < 4.78 is 0. The molecule has 76 valence electrons. The van der Waals surface area contributed by atoms with Crippen LogP contribution in [0.15, 0.2) is 29.2 Å². The Bertz CT molecular complexity index is 297. The van der Waals surface area contributed by atoms with Gasteiger partial charge in [-0.1, -0.05) is 0 Å². The van der Waals surface area contributed by atoms with Gasteiger partial charge in [0.15, 0.2) is 0 Å². The fraction of sp³-hybridized carbons (Fsp3) is 0.300. The highest BCUT2D eigenvalue weighted by atomic mass is 32.2. The first-order chi connectivity index (χ1) is 6.76. The van der Waals surface area contributed by atoms with Crippen LogP contribution in [0, 0.1) is 0 Å². The van der Waals surface area contributed by atoms with Crippen molar-refractivity contribution in [2.24, 2.45) is 0 Å². The lowest BCUT2D eigenvalue weighted by atomic mass is 10.3. The Kier molecular flexibility index (Phi) is 4.90. The third-order valence-electron chi connectivity index (χ3n) is 1.65. The molecular weight excluding hydrogens is 214 g/mol. The van der Waals surface area contributed by atoms with Gasteiger partial charge in [-0.05, 0) is 36.8 Å². The average Bonchev–Trinajstić information content (AvgIpc) is 2.19. The zero-order valence-electron chi connectivity index (χ0n) is 8.24. The van der Waals surface area contributed by atoms with Crippen molar-refractivity contribution in [3.8, 4) is 0 Å². The van der Waals surface area contributed by atoms with Crippen molar-refractivity contribution in [1.29, 1.82) is 0 Å². The SMILES string of the molecule is CSCC(=O)Nc1ccc(SC)cc1. The zero-order chi connectivity index (χ0) is 10.4. The minimum atomic E-state index is 0.0504. The van der Waals surface area contributed by atoms with Gasteiger partial charge >= 0.3 is 0 Å². The molecule has 0 aliphatic carbocycles. The quantitative estimate of drug-likeness (QED) is 0.802. The van der Waals surface area contributed by atoms with Crippen molar-refractivity contribution in [3.63, 3.8) is 0 Å². The zero-order valence-corrected chi connectivity index (χ0v) is 9.87. The van der Waals surface area contributed by atoms with Crippen molar-refractivity contribution in [1.82, 2.24) is 0 Å². The molecular formula is C10H13NOS2. The number of carbonyl (C=O) groups excluding carboxylic acids is 1. The van der Waals surface area contributed by atoms with E-state index < -0.39 is 0 Å². The molecule has 0 spiro atoms. The smallest absolute Gasteiger partial charge is 0.234 e. The third kappa shape index (κ3) is 3.64. The van der Waals surface area contributed by atoms with E-state index in [1.165, 1.54) is 16.7 Å². The van der Waals surface area contributed by atoms with Crippen LogP contribution in [0.1, 0.15) is 0 Å². The molecule has 2 nitrogen and oxygen atoms in total. The Morgan fingerprint density at radius 2 is 1.93 bits per heavy atom. The minimum Gasteiger partial charge on any atom is -0.325 e. The minimum absolute atomic E-state index is 0.0504. The van der Waals surface area contributed by atoms with Gasteiger partial charge in [0.05, 0.1) is 5.75 Å². The lowest BCUT2D eigenvalue weighted by Gasteiger charge is -2.04. The molecule has 14 heavy (non-hydrogen) atoms. The van der Waals surface area contributed by atoms with Crippen LogP contribution >= 0.6 is 23.5 Å². The van der Waals surface area contributed by atoms with Gasteiger partial charge in [0.2, 0.25) is 5.91 Å². The maximum Gasteiger partial charge on any atom is 0.234 e. The largest absolute Gasteiger partial charge is 0.325 e. The highest BCUT2D eigenvalue weighted by Gasteiger charge is 2.00. The topological polar surface area (TPSA) is 29.1 Å². The summed E-state index contributed by atoms with van der Waals surface area (Å²) in [5, 5.41) is 2.83. The molecule has 0 aromatic heterocycles. The van der Waals surface area contributed by atoms with E-state index >= 15 is 0 Å². The number of anilines is 1. The lowest BCUT2D eigenvalue weighted by molar-refractivity contribution is -0.113. The second-order valence-corrected chi connectivity index (χ2v) is 4.46. The molecule has 1 aromatic carbocycles. The maximum absolute atomic E-state index is 11.2. The predicted octanol–water partition coefficient (Wildman–Crippen LogP) is 2.71. The molecule has 0 saturated heterocycles. The van der Waals surface area contributed by atoms with Crippen LogP contribution in [0.2, 0.25) is 0 Å². The van der Waals surface area contributed by atoms with E-state index in [1.807, 2.05) is 36.8 Å². The van der Waals surface area contributed by atoms with E-state index in [4.69, 9.17) is 0 Å². The third-order valence-corrected chi connectivity index (χ3v) is 2.94. The molecule has 1 amide bonds. The molecule has 1 N–H and O–H groups in total. The summed E-state index contributed by atoms with van der Waals surface area (Å²) in [7, 11) is 0. The highest BCUT2D eigenvalue weighted by molar-refractivity contribution is 7.99. The number of amides is 1. The summed E-state index contributed by atoms with van der Waals surface area (Å²) in [5.41, 5.74) is 0.863. The summed E-state index contributed by atoms with van der Waals surface area (Å²) in [6.45, 7) is 0. The number of hydrogen-bond donors (Lipinski definition) is 1. The van der Waals surface area contributed by atoms with Crippen molar-refractivity contribution >= 4 is 35.1 Å². The molecule has 0 atom stereocenters. The van der Waals surface area contributed by atoms with E-state index in [0.717, 1.165) is 5.69 Å². The molecule has 0 saturated carbocycles. The molecule has 0 aliphatic heterocycles. The molecule has 0 radical (unpaired) electrons. The Morgan fingerprint density at radius 1 is 1.29 bits per heavy atom. The number of carbonyl (C=O) groups is 1. The summed E-state index contributed by atoms with van der Waals surface area (Å²) >= 11 is 3.21. The van der Waals surface area contributed by atoms with E-state index in [2.05, 4.69) is 5.32 Å². The number of thioether (sulfide) groups is 2. The molecule has 0 heterocycles. The van der Waals surface area contributed by atoms with E-state index in [-0.39, 0.29) is 5.91 Å². The lowest BCUT2D eigenvalue weighted by Crippen LogP contribution is -2.13. The van der Waals surface area contributed by atoms with E-state index in [0.29, 0.717) is 5.75 Å². The molecule has 4 heteroatoms. The van der Waals surface area contributed by atoms with Crippen LogP contribution in [-0.2, 0) is 4.79 Å². The Labute approximate surface area is 92.8 Å². The fourth-order valence-corrected chi connectivity index (χ4v) is 1.75. The van der Waals surface area contributed by atoms with Gasteiger partial charge in [-0.3, -0.25) is 4.79 Å². The molecule has 0 aliphatic rings. The van der Waals surface area contributed by atoms with Crippen molar-refractivity contribution in [2.75, 3.05) is 23.6 Å². The van der Waals surface area contributed by atoms with Gasteiger partial charge in [0, 0.05) is 10.6 Å². The summed E-state index contributed by atoms with van der Waals surface area (Å²) in [5.74, 6) is 0.555. The molecule has 1 rings (SSSR count). The number of hydrogen-bond acceptors (Lipinski definition) is 3. The van der Waals surface area contributed by atoms with Crippen LogP contribution in [-0.4, -0.2) is 24.2 Å². The van der Waals surface area contributed by atoms with Gasteiger partial charge < -0.3 is 5.32 Å². The van der Waals surface area contributed by atoms with Crippen LogP contribution in [0.3, 0.4) is 0 Å². The first kappa shape index (κ1) is 11.5. The van der Waals surface area contributed by atoms with Crippen molar-refractivity contribution < 1.29 is 4.79 Å². The molecule has 1 aromatic rings. The second kappa shape index (κ2) is 5.98. The van der Waals surface area contributed by atoms with Crippen LogP contribution in [0.5, 0.6) is 0 Å². The summed E-state index contributed by atoms with van der Waals surface area (Å²) in [4.78, 5) is 12.4. The van der Waals surface area contributed by atoms with Crippen molar-refractivity contribution in [3.05, 3.63) is 24.3 Å². The molecule has 0 unspecified atom stereocenters. The normalized spacial score (nSPS) is 9.86. The Balaban J connectivity index is 2.55. The first-order valence-electron chi connectivity index (χ1n) is 4.19. The summed E-state index contributed by atoms with van der Waals surface area (Å²) in [6.07, 6.45) is 3.94. The molecule has 0 fully saturated rings. The van der Waals surface area contributed by atoms with E-state index in [1.54, 1.807) is 11.8 Å². The van der Waals surface area contributed by atoms with Gasteiger partial charge in [0.25, 0.3) is 0 Å². The fourth-order valence-electron chi connectivity index (χ4n) is 1.00. The number of rotatable bonds is 4. The number of benzene rings is 1. The monoisotopic (exact) mass is 227 g/mol.